The van der Waals surface area contributed by atoms with Crippen molar-refractivity contribution in [2.24, 2.45) is 0 Å². The van der Waals surface area contributed by atoms with E-state index in [1.54, 1.807) is 0 Å². The van der Waals surface area contributed by atoms with Crippen molar-refractivity contribution in [3.8, 4) is 0 Å². The monoisotopic (exact) mass is 254 g/mol. The molecule has 0 radical (unpaired) electrons. The Bertz CT molecular complexity index is 244. The van der Waals surface area contributed by atoms with Crippen LogP contribution in [0.2, 0.25) is 0 Å². The molecule has 0 unspecified atom stereocenters. The maximum atomic E-state index is 11.8. The van der Waals surface area contributed by atoms with Crippen LogP contribution in [0.3, 0.4) is 0 Å². The Morgan fingerprint density at radius 3 is 2.65 bits per heavy atom. The van der Waals surface area contributed by atoms with Crippen molar-refractivity contribution in [3.05, 3.63) is 12.7 Å². The molecule has 0 atom stereocenters. The summed E-state index contributed by atoms with van der Waals surface area (Å²) in [7, 11) is 1.48. The number of carbonyl (C=O) groups is 1. The number of nitrogens with zero attached hydrogens (tertiary/aromatic N) is 1. The highest BCUT2D eigenvalue weighted by Crippen LogP contribution is 2.11. The van der Waals surface area contributed by atoms with E-state index in [4.69, 9.17) is 4.74 Å². The lowest BCUT2D eigenvalue weighted by Gasteiger charge is -2.21. The lowest BCUT2D eigenvalue weighted by Crippen LogP contribution is -2.42. The van der Waals surface area contributed by atoms with Gasteiger partial charge in [0, 0.05) is 20.2 Å². The molecule has 7 heteroatoms. The molecule has 0 heterocycles. The molecule has 0 spiro atoms. The fourth-order valence-corrected chi connectivity index (χ4v) is 1.10. The summed E-state index contributed by atoms with van der Waals surface area (Å²) in [4.78, 5) is 12.9. The summed E-state index contributed by atoms with van der Waals surface area (Å²) in [6, 6.07) is 0. The number of hydrogen-bond acceptors (Lipinski definition) is 3. The number of methoxy groups -OCH3 is 1. The Labute approximate surface area is 98.4 Å². The van der Waals surface area contributed by atoms with Crippen molar-refractivity contribution < 1.29 is 22.7 Å². The van der Waals surface area contributed by atoms with Crippen LogP contribution in [0.15, 0.2) is 12.7 Å². The van der Waals surface area contributed by atoms with E-state index in [0.717, 1.165) is 0 Å². The first-order valence-corrected chi connectivity index (χ1v) is 5.05. The third-order valence-electron chi connectivity index (χ3n) is 1.87. The fraction of sp³-hybridized carbons (Fsp3) is 0.700. The van der Waals surface area contributed by atoms with Crippen LogP contribution in [0, 0.1) is 0 Å². The zero-order valence-corrected chi connectivity index (χ0v) is 9.72. The number of rotatable bonds is 8. The van der Waals surface area contributed by atoms with E-state index >= 15 is 0 Å². The fourth-order valence-electron chi connectivity index (χ4n) is 1.10. The number of halogens is 3. The van der Waals surface area contributed by atoms with Gasteiger partial charge in [0.1, 0.15) is 0 Å². The van der Waals surface area contributed by atoms with Crippen molar-refractivity contribution in [2.75, 3.05) is 39.9 Å². The second-order valence-electron chi connectivity index (χ2n) is 3.34. The summed E-state index contributed by atoms with van der Waals surface area (Å²) in [6.07, 6.45) is -2.80. The van der Waals surface area contributed by atoms with Crippen molar-refractivity contribution in [2.45, 2.75) is 6.18 Å². The molecule has 0 aliphatic rings. The quantitative estimate of drug-likeness (QED) is 0.651. The van der Waals surface area contributed by atoms with Crippen LogP contribution in [0.5, 0.6) is 0 Å². The van der Waals surface area contributed by atoms with Crippen LogP contribution >= 0.6 is 0 Å². The van der Waals surface area contributed by atoms with Gasteiger partial charge in [-0.15, -0.1) is 6.58 Å². The minimum Gasteiger partial charge on any atom is -0.383 e. The first kappa shape index (κ1) is 15.9. The minimum atomic E-state index is -4.31. The molecule has 1 N–H and O–H groups in total. The third kappa shape index (κ3) is 8.70. The summed E-state index contributed by atoms with van der Waals surface area (Å²) >= 11 is 0. The Morgan fingerprint density at radius 1 is 1.53 bits per heavy atom. The molecule has 0 aromatic rings. The van der Waals surface area contributed by atoms with Gasteiger partial charge in [0.2, 0.25) is 5.91 Å². The van der Waals surface area contributed by atoms with E-state index < -0.39 is 18.6 Å². The van der Waals surface area contributed by atoms with Crippen LogP contribution in [0.25, 0.3) is 0 Å². The van der Waals surface area contributed by atoms with E-state index in [0.29, 0.717) is 13.2 Å². The lowest BCUT2D eigenvalue weighted by molar-refractivity contribution is -0.134. The average Bonchev–Trinajstić information content (AvgIpc) is 2.22. The molecule has 0 aliphatic heterocycles. The smallest absolute Gasteiger partial charge is 0.383 e. The largest absolute Gasteiger partial charge is 0.401 e. The Hall–Kier alpha value is -1.08. The normalized spacial score (nSPS) is 11.3. The Kier molecular flexibility index (Phi) is 7.56. The number of carbonyl (C=O) groups excluding carboxylic acids is 1. The molecule has 0 saturated heterocycles. The van der Waals surface area contributed by atoms with E-state index in [9.17, 15) is 18.0 Å². The highest BCUT2D eigenvalue weighted by Gasteiger charge is 2.26. The molecular formula is C10H17F3N2O2. The van der Waals surface area contributed by atoms with Crippen LogP contribution in [-0.2, 0) is 9.53 Å². The first-order chi connectivity index (χ1) is 7.90. The molecule has 0 aromatic carbocycles. The lowest BCUT2D eigenvalue weighted by atomic mass is 10.4. The highest BCUT2D eigenvalue weighted by molar-refractivity contribution is 5.78. The van der Waals surface area contributed by atoms with Gasteiger partial charge in [0.25, 0.3) is 0 Å². The molecule has 17 heavy (non-hydrogen) atoms. The number of hydrogen-bond donors (Lipinski definition) is 1. The van der Waals surface area contributed by atoms with Gasteiger partial charge in [-0.3, -0.25) is 4.79 Å². The Morgan fingerprint density at radius 2 is 2.18 bits per heavy atom. The zero-order valence-electron chi connectivity index (χ0n) is 9.72. The van der Waals surface area contributed by atoms with Gasteiger partial charge >= 0.3 is 6.18 Å². The van der Waals surface area contributed by atoms with Gasteiger partial charge < -0.3 is 15.0 Å². The van der Waals surface area contributed by atoms with Gasteiger partial charge in [-0.05, 0) is 0 Å². The molecule has 0 saturated carbocycles. The summed E-state index contributed by atoms with van der Waals surface area (Å²) in [5.41, 5.74) is 0. The maximum Gasteiger partial charge on any atom is 0.401 e. The van der Waals surface area contributed by atoms with Gasteiger partial charge in [0.15, 0.2) is 0 Å². The minimum absolute atomic E-state index is 0.288. The van der Waals surface area contributed by atoms with E-state index in [1.807, 2.05) is 5.32 Å². The average molecular weight is 254 g/mol. The van der Waals surface area contributed by atoms with Crippen LogP contribution in [0.1, 0.15) is 0 Å². The van der Waals surface area contributed by atoms with Crippen molar-refractivity contribution in [1.82, 2.24) is 10.2 Å². The number of ether oxygens (including phenoxy) is 1. The predicted octanol–water partition coefficient (Wildman–Crippen LogP) is 0.799. The summed E-state index contributed by atoms with van der Waals surface area (Å²) in [5.74, 6) is -0.411. The number of alkyl halides is 3. The standard InChI is InChI=1S/C10H17F3N2O2/c1-3-4-15(5-6-17-2)9(16)7-14-8-10(11,12)13/h3,14H,1,4-8H2,2H3. The molecule has 0 rings (SSSR count). The molecule has 0 aromatic heterocycles. The van der Waals surface area contributed by atoms with Gasteiger partial charge in [-0.25, -0.2) is 0 Å². The molecular weight excluding hydrogens is 237 g/mol. The number of nitrogens with one attached hydrogen (secondary N) is 1. The first-order valence-electron chi connectivity index (χ1n) is 5.05. The van der Waals surface area contributed by atoms with Crippen LogP contribution in [-0.4, -0.2) is 56.9 Å². The molecule has 0 aliphatic carbocycles. The molecule has 0 fully saturated rings. The second-order valence-corrected chi connectivity index (χ2v) is 3.34. The topological polar surface area (TPSA) is 41.6 Å². The van der Waals surface area contributed by atoms with Crippen molar-refractivity contribution in [1.29, 1.82) is 0 Å². The van der Waals surface area contributed by atoms with Gasteiger partial charge in [0.05, 0.1) is 19.7 Å². The summed E-state index contributed by atoms with van der Waals surface area (Å²) < 4.78 is 40.3. The highest BCUT2D eigenvalue weighted by atomic mass is 19.4. The summed E-state index contributed by atoms with van der Waals surface area (Å²) in [6.45, 7) is 2.90. The second kappa shape index (κ2) is 8.08. The van der Waals surface area contributed by atoms with Gasteiger partial charge in [-0.1, -0.05) is 6.08 Å². The van der Waals surface area contributed by atoms with Crippen LogP contribution in [0.4, 0.5) is 13.2 Å². The van der Waals surface area contributed by atoms with Crippen molar-refractivity contribution in [3.63, 3.8) is 0 Å². The zero-order chi connectivity index (χ0) is 13.3. The Balaban J connectivity index is 4.00. The van der Waals surface area contributed by atoms with Gasteiger partial charge in [-0.2, -0.15) is 13.2 Å². The SMILES string of the molecule is C=CCN(CCOC)C(=O)CNCC(F)(F)F. The molecule has 100 valence electrons. The number of amides is 1. The van der Waals surface area contributed by atoms with E-state index in [-0.39, 0.29) is 13.1 Å². The predicted molar refractivity (Wildman–Crippen MR) is 57.6 cm³/mol. The van der Waals surface area contributed by atoms with Crippen molar-refractivity contribution >= 4 is 5.91 Å². The molecule has 1 amide bonds. The molecule has 4 nitrogen and oxygen atoms in total. The van der Waals surface area contributed by atoms with Crippen LogP contribution < -0.4 is 5.32 Å². The maximum absolute atomic E-state index is 11.8. The third-order valence-corrected chi connectivity index (χ3v) is 1.87. The summed E-state index contributed by atoms with van der Waals surface area (Å²) in [5, 5.41) is 2.05. The molecule has 0 bridgehead atoms. The van der Waals surface area contributed by atoms with E-state index in [2.05, 4.69) is 6.58 Å². The van der Waals surface area contributed by atoms with E-state index in [1.165, 1.54) is 18.1 Å².